The topological polar surface area (TPSA) is 34.9 Å². The Bertz CT molecular complexity index is 697. The predicted octanol–water partition coefficient (Wildman–Crippen LogP) is 4.03. The van der Waals surface area contributed by atoms with E-state index < -0.39 is 0 Å². The van der Waals surface area contributed by atoms with Gasteiger partial charge in [0.15, 0.2) is 5.11 Å². The quantitative estimate of drug-likeness (QED) is 0.755. The Morgan fingerprint density at radius 1 is 1.07 bits per heavy atom. The van der Waals surface area contributed by atoms with Gasteiger partial charge in [-0.3, -0.25) is 4.90 Å². The fourth-order valence-electron chi connectivity index (χ4n) is 3.50. The number of hydrogen-bond acceptors (Lipinski definition) is 4. The van der Waals surface area contributed by atoms with Crippen LogP contribution in [0.25, 0.3) is 0 Å². The lowest BCUT2D eigenvalue weighted by atomic mass is 10.2. The summed E-state index contributed by atoms with van der Waals surface area (Å²) in [5.74, 6) is 1.03. The number of hydrogen-bond donors (Lipinski definition) is 1. The molecule has 27 heavy (non-hydrogen) atoms. The molecule has 0 spiro atoms. The van der Waals surface area contributed by atoms with Gasteiger partial charge in [-0.1, -0.05) is 0 Å². The van der Waals surface area contributed by atoms with Crippen LogP contribution >= 0.6 is 12.2 Å². The van der Waals surface area contributed by atoms with Gasteiger partial charge in [-0.2, -0.15) is 0 Å². The van der Waals surface area contributed by atoms with Crippen molar-refractivity contribution in [2.24, 2.45) is 0 Å². The molecule has 0 aliphatic carbocycles. The molecule has 3 rings (SSSR count). The second-order valence-corrected chi connectivity index (χ2v) is 7.23. The van der Waals surface area contributed by atoms with Crippen molar-refractivity contribution in [3.63, 3.8) is 0 Å². The third-order valence-corrected chi connectivity index (χ3v) is 5.44. The van der Waals surface area contributed by atoms with Gasteiger partial charge in [0, 0.05) is 50.6 Å². The molecule has 2 heterocycles. The number of furan rings is 1. The molecule has 0 bridgehead atoms. The van der Waals surface area contributed by atoms with Crippen LogP contribution in [0.15, 0.2) is 47.1 Å². The van der Waals surface area contributed by atoms with Gasteiger partial charge in [-0.25, -0.2) is 0 Å². The summed E-state index contributed by atoms with van der Waals surface area (Å²) >= 11 is 5.67. The van der Waals surface area contributed by atoms with E-state index >= 15 is 0 Å². The fraction of sp³-hybridized carbons (Fsp3) is 0.476. The van der Waals surface area contributed by atoms with Crippen molar-refractivity contribution >= 4 is 28.7 Å². The third-order valence-electron chi connectivity index (χ3n) is 5.08. The number of nitrogens with one attached hydrogen (secondary N) is 1. The Kier molecular flexibility index (Phi) is 7.12. The van der Waals surface area contributed by atoms with Crippen LogP contribution in [0, 0.1) is 0 Å². The fourth-order valence-corrected chi connectivity index (χ4v) is 3.80. The molecule has 1 aliphatic heterocycles. The van der Waals surface area contributed by atoms with Gasteiger partial charge < -0.3 is 19.5 Å². The zero-order valence-electron chi connectivity index (χ0n) is 16.4. The molecule has 6 heteroatoms. The van der Waals surface area contributed by atoms with E-state index in [2.05, 4.69) is 58.1 Å². The van der Waals surface area contributed by atoms with E-state index in [1.165, 1.54) is 5.69 Å². The maximum atomic E-state index is 5.67. The maximum Gasteiger partial charge on any atom is 0.173 e. The summed E-state index contributed by atoms with van der Waals surface area (Å²) in [7, 11) is 0. The molecule has 1 aromatic heterocycles. The minimum absolute atomic E-state index is 0.811. The number of rotatable bonds is 6. The number of benzene rings is 1. The average molecular weight is 387 g/mol. The summed E-state index contributed by atoms with van der Waals surface area (Å²) in [5, 5.41) is 4.21. The van der Waals surface area contributed by atoms with E-state index in [0.29, 0.717) is 0 Å². The molecule has 0 unspecified atom stereocenters. The van der Waals surface area contributed by atoms with Gasteiger partial charge in [0.05, 0.1) is 12.8 Å². The van der Waals surface area contributed by atoms with Gasteiger partial charge in [-0.15, -0.1) is 0 Å². The Hall–Kier alpha value is -2.05. The number of nitrogens with zero attached hydrogens (tertiary/aromatic N) is 3. The zero-order chi connectivity index (χ0) is 19.1. The van der Waals surface area contributed by atoms with E-state index in [1.54, 1.807) is 6.26 Å². The van der Waals surface area contributed by atoms with Crippen molar-refractivity contribution in [2.45, 2.75) is 26.8 Å². The van der Waals surface area contributed by atoms with Gasteiger partial charge in [0.1, 0.15) is 5.76 Å². The minimum atomic E-state index is 0.811. The number of thiocarbonyl (C=S) groups is 1. The first-order chi connectivity index (χ1) is 13.2. The van der Waals surface area contributed by atoms with Crippen LogP contribution in [0.4, 0.5) is 11.4 Å². The van der Waals surface area contributed by atoms with Crippen molar-refractivity contribution in [3.05, 3.63) is 48.4 Å². The van der Waals surface area contributed by atoms with Crippen LogP contribution in [-0.2, 0) is 6.54 Å². The van der Waals surface area contributed by atoms with E-state index in [0.717, 1.165) is 68.8 Å². The highest BCUT2D eigenvalue weighted by Crippen LogP contribution is 2.18. The first kappa shape index (κ1) is 19.7. The molecular formula is C21H30N4OS. The summed E-state index contributed by atoms with van der Waals surface area (Å²) < 4.78 is 5.48. The van der Waals surface area contributed by atoms with Gasteiger partial charge in [0.25, 0.3) is 0 Å². The lowest BCUT2D eigenvalue weighted by Gasteiger charge is -2.25. The molecule has 1 aliphatic rings. The molecule has 2 aromatic rings. The molecule has 0 amide bonds. The average Bonchev–Trinajstić information content (AvgIpc) is 3.08. The summed E-state index contributed by atoms with van der Waals surface area (Å²) in [4.78, 5) is 7.04. The van der Waals surface area contributed by atoms with Crippen molar-refractivity contribution in [1.82, 2.24) is 9.80 Å². The molecule has 1 N–H and O–H groups in total. The van der Waals surface area contributed by atoms with Crippen molar-refractivity contribution in [1.29, 1.82) is 0 Å². The molecule has 0 radical (unpaired) electrons. The Morgan fingerprint density at radius 2 is 1.85 bits per heavy atom. The van der Waals surface area contributed by atoms with Gasteiger partial charge in [0.2, 0.25) is 0 Å². The van der Waals surface area contributed by atoms with Crippen molar-refractivity contribution in [3.8, 4) is 0 Å². The predicted molar refractivity (Wildman–Crippen MR) is 116 cm³/mol. The molecule has 0 saturated carbocycles. The second-order valence-electron chi connectivity index (χ2n) is 6.85. The van der Waals surface area contributed by atoms with E-state index in [1.807, 2.05) is 12.1 Å². The smallest absolute Gasteiger partial charge is 0.173 e. The summed E-state index contributed by atoms with van der Waals surface area (Å²) in [6.07, 6.45) is 2.84. The van der Waals surface area contributed by atoms with Crippen LogP contribution in [-0.4, -0.2) is 54.2 Å². The van der Waals surface area contributed by atoms with Crippen LogP contribution in [0.1, 0.15) is 26.0 Å². The van der Waals surface area contributed by atoms with Crippen LogP contribution in [0.5, 0.6) is 0 Å². The Morgan fingerprint density at radius 3 is 2.52 bits per heavy atom. The van der Waals surface area contributed by atoms with E-state index in [4.69, 9.17) is 16.6 Å². The summed E-state index contributed by atoms with van der Waals surface area (Å²) in [5.41, 5.74) is 2.30. The Labute approximate surface area is 167 Å². The zero-order valence-corrected chi connectivity index (χ0v) is 17.2. The van der Waals surface area contributed by atoms with Crippen molar-refractivity contribution < 1.29 is 4.42 Å². The van der Waals surface area contributed by atoms with Crippen LogP contribution in [0.3, 0.4) is 0 Å². The normalized spacial score (nSPS) is 15.4. The van der Waals surface area contributed by atoms with E-state index in [9.17, 15) is 0 Å². The lowest BCUT2D eigenvalue weighted by Crippen LogP contribution is -2.37. The van der Waals surface area contributed by atoms with E-state index in [-0.39, 0.29) is 0 Å². The minimum Gasteiger partial charge on any atom is -0.468 e. The maximum absolute atomic E-state index is 5.67. The van der Waals surface area contributed by atoms with Crippen LogP contribution < -0.4 is 10.2 Å². The highest BCUT2D eigenvalue weighted by molar-refractivity contribution is 7.80. The second kappa shape index (κ2) is 9.76. The van der Waals surface area contributed by atoms with Crippen molar-refractivity contribution in [2.75, 3.05) is 49.5 Å². The molecule has 0 atom stereocenters. The summed E-state index contributed by atoms with van der Waals surface area (Å²) in [6, 6.07) is 12.5. The molecule has 5 nitrogen and oxygen atoms in total. The lowest BCUT2D eigenvalue weighted by molar-refractivity contribution is 0.255. The SMILES string of the molecule is CCN(CC)c1ccc(NC(=S)N2CCCN(Cc3ccco3)CC2)cc1. The third kappa shape index (κ3) is 5.47. The molecule has 1 saturated heterocycles. The molecular weight excluding hydrogens is 356 g/mol. The van der Waals surface area contributed by atoms with Crippen LogP contribution in [0.2, 0.25) is 0 Å². The first-order valence-electron chi connectivity index (χ1n) is 9.85. The Balaban J connectivity index is 1.52. The standard InChI is InChI=1S/C21H30N4OS/c1-3-24(4-2)19-10-8-18(9-11-19)22-21(27)25-13-6-12-23(14-15-25)17-20-7-5-16-26-20/h5,7-11,16H,3-4,6,12-15,17H2,1-2H3,(H,22,27). The van der Waals surface area contributed by atoms with Gasteiger partial charge in [-0.05, 0) is 68.9 Å². The monoisotopic (exact) mass is 386 g/mol. The van der Waals surface area contributed by atoms with Gasteiger partial charge >= 0.3 is 0 Å². The molecule has 1 aromatic carbocycles. The highest BCUT2D eigenvalue weighted by atomic mass is 32.1. The number of anilines is 2. The first-order valence-corrected chi connectivity index (χ1v) is 10.3. The largest absolute Gasteiger partial charge is 0.468 e. The highest BCUT2D eigenvalue weighted by Gasteiger charge is 2.17. The summed E-state index contributed by atoms with van der Waals surface area (Å²) in [6.45, 7) is 11.2. The molecule has 1 fully saturated rings. The molecule has 146 valence electrons.